The minimum atomic E-state index is -1.01. The highest BCUT2D eigenvalue weighted by atomic mass is 19.1. The normalized spacial score (nSPS) is 22.3. The first-order valence-corrected chi connectivity index (χ1v) is 10.6. The molecule has 0 spiro atoms. The maximum Gasteiger partial charge on any atom is 0.244 e. The summed E-state index contributed by atoms with van der Waals surface area (Å²) >= 11 is 0. The maximum atomic E-state index is 14.9. The van der Waals surface area contributed by atoms with E-state index in [0.29, 0.717) is 49.8 Å². The molecule has 0 aliphatic carbocycles. The average molecular weight is 438 g/mol. The second-order valence-electron chi connectivity index (χ2n) is 8.19. The van der Waals surface area contributed by atoms with E-state index >= 15 is 0 Å². The van der Waals surface area contributed by atoms with E-state index in [1.807, 2.05) is 29.1 Å². The van der Waals surface area contributed by atoms with Crippen molar-refractivity contribution in [1.29, 1.82) is 0 Å². The van der Waals surface area contributed by atoms with Gasteiger partial charge in [-0.3, -0.25) is 9.30 Å². The van der Waals surface area contributed by atoms with Crippen LogP contribution in [0.1, 0.15) is 6.42 Å². The topological polar surface area (TPSA) is 94.1 Å². The van der Waals surface area contributed by atoms with Gasteiger partial charge >= 0.3 is 0 Å². The third-order valence-corrected chi connectivity index (χ3v) is 6.25. The third-order valence-electron chi connectivity index (χ3n) is 6.25. The molecule has 11 heteroatoms. The van der Waals surface area contributed by atoms with Crippen LogP contribution in [0.4, 0.5) is 10.3 Å². The lowest BCUT2D eigenvalue weighted by Gasteiger charge is -2.42. The standard InChI is InChI=1S/C21H23FN8O2/c1-31-19-18-15(13-8-24-21-23-4-7-29(21)9-13)2-6-30(18)27-20(26-19)25-17-3-5-28(10-16(17)22)14-11-32-12-14/h2,4,6-9,14,16-17H,3,5,10-12H2,1H3,(H,25,27)/t16-,17+/m0/s1. The first-order valence-electron chi connectivity index (χ1n) is 10.6. The zero-order chi connectivity index (χ0) is 21.7. The van der Waals surface area contributed by atoms with Gasteiger partial charge in [-0.15, -0.1) is 5.10 Å². The first kappa shape index (κ1) is 19.4. The van der Waals surface area contributed by atoms with Crippen molar-refractivity contribution in [2.45, 2.75) is 24.7 Å². The van der Waals surface area contributed by atoms with Crippen molar-refractivity contribution in [3.63, 3.8) is 0 Å². The van der Waals surface area contributed by atoms with Crippen LogP contribution in [-0.2, 0) is 4.74 Å². The lowest BCUT2D eigenvalue weighted by atomic mass is 10.0. The van der Waals surface area contributed by atoms with Crippen LogP contribution in [0.15, 0.2) is 37.1 Å². The summed E-state index contributed by atoms with van der Waals surface area (Å²) in [6.45, 7) is 2.60. The number of piperidine rings is 1. The van der Waals surface area contributed by atoms with Gasteiger partial charge in [0.1, 0.15) is 11.7 Å². The monoisotopic (exact) mass is 438 g/mol. The van der Waals surface area contributed by atoms with E-state index in [2.05, 4.69) is 30.3 Å². The Morgan fingerprint density at radius 2 is 2.16 bits per heavy atom. The maximum absolute atomic E-state index is 14.9. The molecular formula is C21H23FN8O2. The number of hydrogen-bond acceptors (Lipinski definition) is 8. The molecule has 166 valence electrons. The molecule has 4 aromatic heterocycles. The Labute approximate surface area is 183 Å². The van der Waals surface area contributed by atoms with E-state index in [9.17, 15) is 4.39 Å². The zero-order valence-electron chi connectivity index (χ0n) is 17.6. The van der Waals surface area contributed by atoms with Crippen molar-refractivity contribution in [1.82, 2.24) is 33.9 Å². The summed E-state index contributed by atoms with van der Waals surface area (Å²) < 4.78 is 29.2. The number of likely N-dealkylation sites (tertiary alicyclic amines) is 1. The van der Waals surface area contributed by atoms with E-state index in [1.54, 1.807) is 24.0 Å². The molecule has 0 aromatic carbocycles. The molecule has 2 saturated heterocycles. The molecular weight excluding hydrogens is 415 g/mol. The predicted molar refractivity (Wildman–Crippen MR) is 115 cm³/mol. The number of nitrogens with one attached hydrogen (secondary N) is 1. The van der Waals surface area contributed by atoms with Gasteiger partial charge in [-0.2, -0.15) is 4.98 Å². The van der Waals surface area contributed by atoms with E-state index in [4.69, 9.17) is 9.47 Å². The van der Waals surface area contributed by atoms with Crippen molar-refractivity contribution in [2.75, 3.05) is 38.7 Å². The molecule has 0 unspecified atom stereocenters. The van der Waals surface area contributed by atoms with Gasteiger partial charge in [0.05, 0.1) is 32.4 Å². The summed E-state index contributed by atoms with van der Waals surface area (Å²) in [7, 11) is 1.57. The van der Waals surface area contributed by atoms with Crippen molar-refractivity contribution in [3.05, 3.63) is 37.1 Å². The van der Waals surface area contributed by atoms with Gasteiger partial charge in [0.2, 0.25) is 17.6 Å². The quantitative estimate of drug-likeness (QED) is 0.503. The Morgan fingerprint density at radius 3 is 2.94 bits per heavy atom. The number of rotatable bonds is 5. The first-order chi connectivity index (χ1) is 15.7. The predicted octanol–water partition coefficient (Wildman–Crippen LogP) is 1.67. The molecule has 0 bridgehead atoms. The molecule has 2 aliphatic rings. The number of nitrogens with zero attached hydrogens (tertiary/aromatic N) is 7. The number of ether oxygens (including phenoxy) is 2. The minimum Gasteiger partial charge on any atom is -0.479 e. The van der Waals surface area contributed by atoms with Crippen LogP contribution in [-0.4, -0.2) is 85.5 Å². The van der Waals surface area contributed by atoms with Crippen LogP contribution < -0.4 is 10.1 Å². The van der Waals surface area contributed by atoms with Crippen molar-refractivity contribution < 1.29 is 13.9 Å². The van der Waals surface area contributed by atoms with E-state index in [1.165, 1.54) is 0 Å². The van der Waals surface area contributed by atoms with Gasteiger partial charge in [-0.25, -0.2) is 18.9 Å². The Balaban J connectivity index is 1.28. The molecule has 0 saturated carbocycles. The fraction of sp³-hybridized carbons (Fsp3) is 0.429. The zero-order valence-corrected chi connectivity index (χ0v) is 17.6. The number of alkyl halides is 1. The van der Waals surface area contributed by atoms with E-state index < -0.39 is 6.17 Å². The van der Waals surface area contributed by atoms with Crippen molar-refractivity contribution >= 4 is 17.2 Å². The summed E-state index contributed by atoms with van der Waals surface area (Å²) in [4.78, 5) is 15.3. The average Bonchev–Trinajstić information content (AvgIpc) is 3.40. The summed E-state index contributed by atoms with van der Waals surface area (Å²) in [6, 6.07) is 1.93. The number of imidazole rings is 1. The fourth-order valence-electron chi connectivity index (χ4n) is 4.41. The molecule has 2 fully saturated rings. The highest BCUT2D eigenvalue weighted by molar-refractivity contribution is 5.84. The van der Waals surface area contributed by atoms with Gasteiger partial charge in [0, 0.05) is 55.2 Å². The van der Waals surface area contributed by atoms with Crippen LogP contribution >= 0.6 is 0 Å². The summed E-state index contributed by atoms with van der Waals surface area (Å²) in [5, 5.41) is 7.75. The molecule has 2 atom stereocenters. The largest absolute Gasteiger partial charge is 0.479 e. The number of fused-ring (bicyclic) bond motifs is 2. The lowest BCUT2D eigenvalue weighted by Crippen LogP contribution is -2.57. The smallest absolute Gasteiger partial charge is 0.244 e. The van der Waals surface area contributed by atoms with Crippen molar-refractivity contribution in [2.24, 2.45) is 0 Å². The molecule has 0 radical (unpaired) electrons. The Kier molecular flexibility index (Phi) is 4.65. The molecule has 6 rings (SSSR count). The van der Waals surface area contributed by atoms with Gasteiger partial charge in [0.15, 0.2) is 0 Å². The summed E-state index contributed by atoms with van der Waals surface area (Å²) in [6.07, 6.45) is 8.76. The minimum absolute atomic E-state index is 0.341. The number of aromatic nitrogens is 6. The van der Waals surface area contributed by atoms with Gasteiger partial charge in [-0.1, -0.05) is 0 Å². The lowest BCUT2D eigenvalue weighted by molar-refractivity contribution is -0.0794. The molecule has 1 N–H and O–H groups in total. The van der Waals surface area contributed by atoms with Gasteiger partial charge < -0.3 is 14.8 Å². The Bertz CT molecular complexity index is 1270. The fourth-order valence-corrected chi connectivity index (χ4v) is 4.41. The number of halogens is 1. The summed E-state index contributed by atoms with van der Waals surface area (Å²) in [5.74, 6) is 1.38. The number of anilines is 1. The number of hydrogen-bond donors (Lipinski definition) is 1. The molecule has 2 aliphatic heterocycles. The Morgan fingerprint density at radius 1 is 1.25 bits per heavy atom. The van der Waals surface area contributed by atoms with E-state index in [0.717, 1.165) is 23.2 Å². The molecule has 0 amide bonds. The van der Waals surface area contributed by atoms with Crippen molar-refractivity contribution in [3.8, 4) is 17.0 Å². The second-order valence-corrected chi connectivity index (χ2v) is 8.19. The molecule has 10 nitrogen and oxygen atoms in total. The van der Waals surface area contributed by atoms with Crippen LogP contribution in [0.5, 0.6) is 5.88 Å². The second kappa shape index (κ2) is 7.68. The highest BCUT2D eigenvalue weighted by Gasteiger charge is 2.35. The Hall–Kier alpha value is -3.31. The van der Waals surface area contributed by atoms with Gasteiger partial charge in [-0.05, 0) is 12.5 Å². The number of methoxy groups -OCH3 is 1. The van der Waals surface area contributed by atoms with Gasteiger partial charge in [0.25, 0.3) is 0 Å². The SMILES string of the molecule is COc1nc(N[C@@H]2CCN(C3COC3)C[C@@H]2F)nn2ccc(-c3cnc4nccn4c3)c12. The van der Waals surface area contributed by atoms with E-state index in [-0.39, 0.29) is 6.04 Å². The highest BCUT2D eigenvalue weighted by Crippen LogP contribution is 2.31. The van der Waals surface area contributed by atoms with Crippen LogP contribution in [0, 0.1) is 0 Å². The molecule has 32 heavy (non-hydrogen) atoms. The summed E-state index contributed by atoms with van der Waals surface area (Å²) in [5.41, 5.74) is 2.49. The van der Waals surface area contributed by atoms with Crippen LogP contribution in [0.3, 0.4) is 0 Å². The van der Waals surface area contributed by atoms with Crippen LogP contribution in [0.25, 0.3) is 22.4 Å². The third kappa shape index (κ3) is 3.24. The van der Waals surface area contributed by atoms with Crippen LogP contribution in [0.2, 0.25) is 0 Å². The molecule has 6 heterocycles. The molecule has 4 aromatic rings.